The molecule has 4 N–H and O–H groups in total. The summed E-state index contributed by atoms with van der Waals surface area (Å²) in [5.41, 5.74) is 0. The smallest absolute Gasteiger partial charge is 0.187 e. The van der Waals surface area contributed by atoms with Gasteiger partial charge in [-0.2, -0.15) is 0 Å². The first-order chi connectivity index (χ1) is 7.47. The van der Waals surface area contributed by atoms with Crippen molar-refractivity contribution in [1.82, 2.24) is 0 Å². The van der Waals surface area contributed by atoms with Crippen LogP contribution in [0, 0.1) is 0 Å². The minimum atomic E-state index is -1.48. The second-order valence-corrected chi connectivity index (χ2v) is 3.71. The number of aliphatic hydroxyl groups excluding tert-OH is 4. The highest BCUT2D eigenvalue weighted by Crippen LogP contribution is 2.21. The van der Waals surface area contributed by atoms with E-state index < -0.39 is 37.3 Å². The first-order valence-electron chi connectivity index (χ1n) is 4.89. The third-order valence-corrected chi connectivity index (χ3v) is 2.30. The van der Waals surface area contributed by atoms with Crippen molar-refractivity contribution in [3.05, 3.63) is 0 Å². The summed E-state index contributed by atoms with van der Waals surface area (Å²) in [5, 5.41) is 37.2. The highest BCUT2D eigenvalue weighted by atomic mass is 16.7. The number of ether oxygens (including phenoxy) is 2. The molecule has 5 atom stereocenters. The predicted octanol–water partition coefficient (Wildman–Crippen LogP) is -2.61. The van der Waals surface area contributed by atoms with Crippen LogP contribution in [0.3, 0.4) is 0 Å². The minimum absolute atomic E-state index is 0.267. The first-order valence-corrected chi connectivity index (χ1v) is 4.89. The van der Waals surface area contributed by atoms with Crippen molar-refractivity contribution in [3.63, 3.8) is 0 Å². The van der Waals surface area contributed by atoms with E-state index in [1.165, 1.54) is 6.92 Å². The van der Waals surface area contributed by atoms with E-state index in [-0.39, 0.29) is 12.4 Å². The summed E-state index contributed by atoms with van der Waals surface area (Å²) in [4.78, 5) is 10.7. The molecule has 0 aromatic carbocycles. The Morgan fingerprint density at radius 3 is 2.38 bits per heavy atom. The van der Waals surface area contributed by atoms with Crippen molar-refractivity contribution >= 4 is 5.78 Å². The molecule has 0 spiro atoms. The number of Topliss-reactive ketones (excluding diaryl/α,β-unsaturated/α-hetero) is 1. The predicted molar refractivity (Wildman–Crippen MR) is 50.4 cm³/mol. The van der Waals surface area contributed by atoms with Gasteiger partial charge < -0.3 is 29.9 Å². The highest BCUT2D eigenvalue weighted by molar-refractivity contribution is 5.76. The molecule has 0 amide bonds. The number of rotatable bonds is 4. The van der Waals surface area contributed by atoms with Crippen LogP contribution in [0.2, 0.25) is 0 Å². The van der Waals surface area contributed by atoms with E-state index in [1.54, 1.807) is 0 Å². The summed E-state index contributed by atoms with van der Waals surface area (Å²) in [5.74, 6) is -0.267. The van der Waals surface area contributed by atoms with Crippen molar-refractivity contribution in [3.8, 4) is 0 Å². The zero-order chi connectivity index (χ0) is 12.3. The van der Waals surface area contributed by atoms with Gasteiger partial charge in [-0.1, -0.05) is 0 Å². The second kappa shape index (κ2) is 5.67. The Labute approximate surface area is 92.2 Å². The van der Waals surface area contributed by atoms with Gasteiger partial charge in [0, 0.05) is 0 Å². The molecule has 94 valence electrons. The van der Waals surface area contributed by atoms with E-state index in [1.807, 2.05) is 0 Å². The largest absolute Gasteiger partial charge is 0.394 e. The number of ketones is 1. The minimum Gasteiger partial charge on any atom is -0.394 e. The third kappa shape index (κ3) is 2.97. The van der Waals surface area contributed by atoms with Crippen molar-refractivity contribution in [1.29, 1.82) is 0 Å². The molecule has 0 aliphatic carbocycles. The molecule has 16 heavy (non-hydrogen) atoms. The molecule has 1 saturated heterocycles. The Hall–Kier alpha value is -0.570. The molecule has 1 rings (SSSR count). The van der Waals surface area contributed by atoms with Gasteiger partial charge >= 0.3 is 0 Å². The van der Waals surface area contributed by atoms with Crippen LogP contribution in [-0.2, 0) is 14.3 Å². The molecule has 0 saturated carbocycles. The fourth-order valence-electron chi connectivity index (χ4n) is 1.40. The molecular formula is C9H16O7. The summed E-state index contributed by atoms with van der Waals surface area (Å²) in [6, 6.07) is 0. The van der Waals surface area contributed by atoms with Crippen molar-refractivity contribution in [2.45, 2.75) is 37.6 Å². The average molecular weight is 236 g/mol. The monoisotopic (exact) mass is 236 g/mol. The van der Waals surface area contributed by atoms with Crippen LogP contribution < -0.4 is 0 Å². The summed E-state index contributed by atoms with van der Waals surface area (Å²) in [6.45, 7) is 0.498. The summed E-state index contributed by atoms with van der Waals surface area (Å²) in [6.07, 6.45) is -6.62. The van der Waals surface area contributed by atoms with E-state index in [9.17, 15) is 20.1 Å². The van der Waals surface area contributed by atoms with Gasteiger partial charge in [-0.3, -0.25) is 4.79 Å². The number of hydrogen-bond acceptors (Lipinski definition) is 7. The fraction of sp³-hybridized carbons (Fsp3) is 0.889. The van der Waals surface area contributed by atoms with Crippen molar-refractivity contribution in [2.24, 2.45) is 0 Å². The summed E-state index contributed by atoms with van der Waals surface area (Å²) >= 11 is 0. The molecule has 7 nitrogen and oxygen atoms in total. The van der Waals surface area contributed by atoms with E-state index in [0.29, 0.717) is 0 Å². The van der Waals surface area contributed by atoms with Gasteiger partial charge in [0.15, 0.2) is 12.1 Å². The number of carbonyl (C=O) groups excluding carboxylic acids is 1. The van der Waals surface area contributed by atoms with Gasteiger partial charge in [-0.25, -0.2) is 0 Å². The van der Waals surface area contributed by atoms with Gasteiger partial charge in [0.1, 0.15) is 31.0 Å². The van der Waals surface area contributed by atoms with Crippen LogP contribution in [0.5, 0.6) is 0 Å². The van der Waals surface area contributed by atoms with Gasteiger partial charge in [0.05, 0.1) is 6.61 Å². The Bertz CT molecular complexity index is 242. The standard InChI is InChI=1S/C9H16O7/c1-4(11)3-15-9-8(14)7(13)6(12)5(2-10)16-9/h5-10,12-14H,2-3H2,1H3/t5-,6+,7+,8-,9-/m1/s1. The van der Waals surface area contributed by atoms with Crippen LogP contribution in [0.4, 0.5) is 0 Å². The zero-order valence-electron chi connectivity index (χ0n) is 8.81. The lowest BCUT2D eigenvalue weighted by Crippen LogP contribution is -2.59. The SMILES string of the molecule is CC(=O)CO[C@@H]1O[C@H](CO)[C@H](O)[C@H](O)[C@H]1O. The molecule has 1 aliphatic heterocycles. The lowest BCUT2D eigenvalue weighted by molar-refractivity contribution is -0.299. The van der Waals surface area contributed by atoms with Crippen LogP contribution in [0.1, 0.15) is 6.92 Å². The van der Waals surface area contributed by atoms with Crippen LogP contribution in [0.25, 0.3) is 0 Å². The molecule has 0 aromatic heterocycles. The summed E-state index contributed by atoms with van der Waals surface area (Å²) < 4.78 is 9.90. The molecule has 1 fully saturated rings. The van der Waals surface area contributed by atoms with E-state index in [2.05, 4.69) is 0 Å². The maximum atomic E-state index is 10.7. The molecule has 0 aromatic rings. The quantitative estimate of drug-likeness (QED) is 0.422. The van der Waals surface area contributed by atoms with Gasteiger partial charge in [-0.15, -0.1) is 0 Å². The van der Waals surface area contributed by atoms with E-state index in [4.69, 9.17) is 14.6 Å². The molecule has 7 heteroatoms. The fourth-order valence-corrected chi connectivity index (χ4v) is 1.40. The number of aliphatic hydroxyl groups is 4. The van der Waals surface area contributed by atoms with E-state index in [0.717, 1.165) is 0 Å². The Morgan fingerprint density at radius 2 is 1.88 bits per heavy atom. The maximum absolute atomic E-state index is 10.7. The zero-order valence-corrected chi connectivity index (χ0v) is 8.81. The molecule has 0 unspecified atom stereocenters. The second-order valence-electron chi connectivity index (χ2n) is 3.71. The molecule has 0 bridgehead atoms. The summed E-state index contributed by atoms with van der Waals surface area (Å²) in [7, 11) is 0. The Kier molecular flexibility index (Phi) is 4.78. The normalized spacial score (nSPS) is 39.7. The lowest BCUT2D eigenvalue weighted by Gasteiger charge is -2.39. The Morgan fingerprint density at radius 1 is 1.25 bits per heavy atom. The topological polar surface area (TPSA) is 116 Å². The first kappa shape index (κ1) is 13.5. The van der Waals surface area contributed by atoms with Gasteiger partial charge in [0.25, 0.3) is 0 Å². The highest BCUT2D eigenvalue weighted by Gasteiger charge is 2.43. The molecule has 1 aliphatic rings. The number of carbonyl (C=O) groups is 1. The third-order valence-electron chi connectivity index (χ3n) is 2.30. The van der Waals surface area contributed by atoms with Crippen molar-refractivity contribution < 1.29 is 34.7 Å². The molecular weight excluding hydrogens is 220 g/mol. The Balaban J connectivity index is 2.60. The molecule has 1 heterocycles. The van der Waals surface area contributed by atoms with E-state index >= 15 is 0 Å². The van der Waals surface area contributed by atoms with Gasteiger partial charge in [0.2, 0.25) is 0 Å². The van der Waals surface area contributed by atoms with Crippen LogP contribution in [-0.4, -0.2) is 70.1 Å². The van der Waals surface area contributed by atoms with Gasteiger partial charge in [-0.05, 0) is 6.92 Å². The van der Waals surface area contributed by atoms with Crippen molar-refractivity contribution in [2.75, 3.05) is 13.2 Å². The maximum Gasteiger partial charge on any atom is 0.187 e. The lowest BCUT2D eigenvalue weighted by atomic mass is 9.99. The molecule has 0 radical (unpaired) electrons. The average Bonchev–Trinajstić information content (AvgIpc) is 2.25. The van der Waals surface area contributed by atoms with Crippen LogP contribution in [0.15, 0.2) is 0 Å². The van der Waals surface area contributed by atoms with Crippen LogP contribution >= 0.6 is 0 Å². The number of hydrogen-bond donors (Lipinski definition) is 4.